The van der Waals surface area contributed by atoms with E-state index >= 15 is 0 Å². The summed E-state index contributed by atoms with van der Waals surface area (Å²) in [5.41, 5.74) is 0.511. The molecule has 0 aromatic carbocycles. The first-order chi connectivity index (χ1) is 9.67. The minimum atomic E-state index is 0.360. The Balaban J connectivity index is 1.87. The van der Waals surface area contributed by atoms with Crippen LogP contribution in [0.2, 0.25) is 0 Å². The first-order valence-corrected chi connectivity index (χ1v) is 8.71. The molecule has 2 N–H and O–H groups in total. The highest BCUT2D eigenvalue weighted by atomic mass is 16.3. The van der Waals surface area contributed by atoms with Crippen LogP contribution < -0.4 is 5.32 Å². The van der Waals surface area contributed by atoms with E-state index in [0.29, 0.717) is 12.0 Å². The van der Waals surface area contributed by atoms with Gasteiger partial charge in [-0.25, -0.2) is 0 Å². The molecule has 0 aromatic heterocycles. The third kappa shape index (κ3) is 4.44. The van der Waals surface area contributed by atoms with Crippen molar-refractivity contribution in [1.82, 2.24) is 10.2 Å². The predicted molar refractivity (Wildman–Crippen MR) is 84.9 cm³/mol. The zero-order valence-corrected chi connectivity index (χ0v) is 13.5. The molecule has 118 valence electrons. The number of rotatable bonds is 7. The zero-order valence-electron chi connectivity index (χ0n) is 13.5. The van der Waals surface area contributed by atoms with Crippen LogP contribution in [0.4, 0.5) is 0 Å². The summed E-state index contributed by atoms with van der Waals surface area (Å²) in [6.45, 7) is 11.0. The van der Waals surface area contributed by atoms with E-state index in [1.165, 1.54) is 58.3 Å². The molecule has 0 spiro atoms. The third-order valence-electron chi connectivity index (χ3n) is 5.55. The van der Waals surface area contributed by atoms with Crippen molar-refractivity contribution in [2.24, 2.45) is 17.3 Å². The molecule has 1 heterocycles. The first-order valence-electron chi connectivity index (χ1n) is 8.71. The second kappa shape index (κ2) is 7.77. The van der Waals surface area contributed by atoms with Gasteiger partial charge in [-0.3, -0.25) is 0 Å². The molecule has 1 aliphatic heterocycles. The largest absolute Gasteiger partial charge is 0.396 e. The van der Waals surface area contributed by atoms with E-state index in [1.807, 2.05) is 0 Å². The lowest BCUT2D eigenvalue weighted by Gasteiger charge is -2.42. The number of hydrogen-bond donors (Lipinski definition) is 2. The molecule has 3 heteroatoms. The summed E-state index contributed by atoms with van der Waals surface area (Å²) < 4.78 is 0. The van der Waals surface area contributed by atoms with E-state index in [2.05, 4.69) is 24.1 Å². The molecule has 0 bridgehead atoms. The molecule has 1 aliphatic carbocycles. The van der Waals surface area contributed by atoms with Crippen LogP contribution in [0, 0.1) is 17.3 Å². The number of nitrogens with one attached hydrogen (secondary N) is 1. The van der Waals surface area contributed by atoms with Gasteiger partial charge in [0.1, 0.15) is 0 Å². The topological polar surface area (TPSA) is 35.5 Å². The van der Waals surface area contributed by atoms with E-state index in [1.54, 1.807) is 0 Å². The van der Waals surface area contributed by atoms with Crippen LogP contribution in [-0.2, 0) is 0 Å². The van der Waals surface area contributed by atoms with E-state index in [0.717, 1.165) is 24.8 Å². The Labute approximate surface area is 125 Å². The fourth-order valence-electron chi connectivity index (χ4n) is 4.10. The van der Waals surface area contributed by atoms with Crippen molar-refractivity contribution in [2.45, 2.75) is 52.4 Å². The molecule has 0 radical (unpaired) electrons. The highest BCUT2D eigenvalue weighted by Crippen LogP contribution is 2.40. The quantitative estimate of drug-likeness (QED) is 0.753. The standard InChI is InChI=1S/C17H34N2O/c1-3-18-13-17(8-4-15(2)5-9-17)14-19-10-6-16(12-19)7-11-20/h15-16,18,20H,3-14H2,1-2H3. The van der Waals surface area contributed by atoms with E-state index in [4.69, 9.17) is 5.11 Å². The van der Waals surface area contributed by atoms with Gasteiger partial charge in [-0.1, -0.05) is 26.7 Å². The summed E-state index contributed by atoms with van der Waals surface area (Å²) in [5, 5.41) is 12.7. The molecule has 1 saturated carbocycles. The Kier molecular flexibility index (Phi) is 6.31. The molecule has 0 aromatic rings. The Morgan fingerprint density at radius 3 is 2.65 bits per heavy atom. The van der Waals surface area contributed by atoms with Gasteiger partial charge in [0, 0.05) is 26.2 Å². The summed E-state index contributed by atoms with van der Waals surface area (Å²) >= 11 is 0. The molecule has 1 unspecified atom stereocenters. The minimum absolute atomic E-state index is 0.360. The molecule has 2 fully saturated rings. The Bertz CT molecular complexity index is 269. The van der Waals surface area contributed by atoms with Gasteiger partial charge in [0.2, 0.25) is 0 Å². The van der Waals surface area contributed by atoms with Crippen LogP contribution in [0.1, 0.15) is 52.4 Å². The van der Waals surface area contributed by atoms with Crippen molar-refractivity contribution in [2.75, 3.05) is 39.3 Å². The average Bonchev–Trinajstić information content (AvgIpc) is 2.87. The van der Waals surface area contributed by atoms with E-state index in [9.17, 15) is 0 Å². The zero-order chi connectivity index (χ0) is 14.4. The first kappa shape index (κ1) is 16.3. The highest BCUT2D eigenvalue weighted by molar-refractivity contribution is 4.91. The van der Waals surface area contributed by atoms with Gasteiger partial charge in [-0.2, -0.15) is 0 Å². The lowest BCUT2D eigenvalue weighted by atomic mass is 9.70. The second-order valence-corrected chi connectivity index (χ2v) is 7.36. The molecule has 1 saturated heterocycles. The molecule has 2 rings (SSSR count). The highest BCUT2D eigenvalue weighted by Gasteiger charge is 2.37. The summed E-state index contributed by atoms with van der Waals surface area (Å²) in [6.07, 6.45) is 7.87. The number of aliphatic hydroxyl groups excluding tert-OH is 1. The van der Waals surface area contributed by atoms with Crippen molar-refractivity contribution < 1.29 is 5.11 Å². The van der Waals surface area contributed by atoms with Gasteiger partial charge in [0.05, 0.1) is 0 Å². The lowest BCUT2D eigenvalue weighted by Crippen LogP contribution is -2.45. The lowest BCUT2D eigenvalue weighted by molar-refractivity contribution is 0.0961. The van der Waals surface area contributed by atoms with Crippen LogP contribution in [0.3, 0.4) is 0 Å². The molecule has 20 heavy (non-hydrogen) atoms. The predicted octanol–water partition coefficient (Wildman–Crippen LogP) is 2.50. The van der Waals surface area contributed by atoms with Crippen LogP contribution >= 0.6 is 0 Å². The molecular weight excluding hydrogens is 248 g/mol. The van der Waals surface area contributed by atoms with Crippen molar-refractivity contribution in [1.29, 1.82) is 0 Å². The van der Waals surface area contributed by atoms with Gasteiger partial charge in [0.25, 0.3) is 0 Å². The number of likely N-dealkylation sites (tertiary alicyclic amines) is 1. The van der Waals surface area contributed by atoms with Crippen LogP contribution in [0.25, 0.3) is 0 Å². The normalized spacial score (nSPS) is 35.5. The minimum Gasteiger partial charge on any atom is -0.396 e. The van der Waals surface area contributed by atoms with Crippen molar-refractivity contribution in [3.63, 3.8) is 0 Å². The fraction of sp³-hybridized carbons (Fsp3) is 1.00. The van der Waals surface area contributed by atoms with E-state index in [-0.39, 0.29) is 0 Å². The summed E-state index contributed by atoms with van der Waals surface area (Å²) in [7, 11) is 0. The van der Waals surface area contributed by atoms with Gasteiger partial charge >= 0.3 is 0 Å². The SMILES string of the molecule is CCNCC1(CN2CCC(CCO)C2)CCC(C)CC1. The fourth-order valence-corrected chi connectivity index (χ4v) is 4.10. The number of aliphatic hydroxyl groups is 1. The third-order valence-corrected chi connectivity index (χ3v) is 5.55. The second-order valence-electron chi connectivity index (χ2n) is 7.36. The molecule has 2 aliphatic rings. The Morgan fingerprint density at radius 2 is 2.00 bits per heavy atom. The van der Waals surface area contributed by atoms with Gasteiger partial charge in [-0.05, 0) is 56.0 Å². The monoisotopic (exact) mass is 282 g/mol. The van der Waals surface area contributed by atoms with Crippen LogP contribution in [0.15, 0.2) is 0 Å². The maximum Gasteiger partial charge on any atom is 0.0434 e. The number of nitrogens with zero attached hydrogens (tertiary/aromatic N) is 1. The smallest absolute Gasteiger partial charge is 0.0434 e. The summed E-state index contributed by atoms with van der Waals surface area (Å²) in [4.78, 5) is 2.67. The van der Waals surface area contributed by atoms with Crippen molar-refractivity contribution in [3.8, 4) is 0 Å². The van der Waals surface area contributed by atoms with Gasteiger partial charge < -0.3 is 15.3 Å². The Morgan fingerprint density at radius 1 is 1.25 bits per heavy atom. The average molecular weight is 282 g/mol. The molecule has 1 atom stereocenters. The van der Waals surface area contributed by atoms with Gasteiger partial charge in [0.15, 0.2) is 0 Å². The molecule has 0 amide bonds. The maximum atomic E-state index is 9.10. The molecule has 3 nitrogen and oxygen atoms in total. The van der Waals surface area contributed by atoms with E-state index < -0.39 is 0 Å². The Hall–Kier alpha value is -0.120. The number of hydrogen-bond acceptors (Lipinski definition) is 3. The van der Waals surface area contributed by atoms with Crippen molar-refractivity contribution >= 4 is 0 Å². The maximum absolute atomic E-state index is 9.10. The molecular formula is C17H34N2O. The van der Waals surface area contributed by atoms with Crippen LogP contribution in [0.5, 0.6) is 0 Å². The summed E-state index contributed by atoms with van der Waals surface area (Å²) in [6, 6.07) is 0. The van der Waals surface area contributed by atoms with Crippen LogP contribution in [-0.4, -0.2) is 49.3 Å². The van der Waals surface area contributed by atoms with Crippen molar-refractivity contribution in [3.05, 3.63) is 0 Å². The van der Waals surface area contributed by atoms with Gasteiger partial charge in [-0.15, -0.1) is 0 Å². The summed E-state index contributed by atoms with van der Waals surface area (Å²) in [5.74, 6) is 1.66.